The maximum Gasteiger partial charge on any atom is 0.310 e. The second-order valence-corrected chi connectivity index (χ2v) is 4.48. The van der Waals surface area contributed by atoms with E-state index in [9.17, 15) is 14.9 Å². The zero-order valence-corrected chi connectivity index (χ0v) is 11.3. The van der Waals surface area contributed by atoms with Crippen molar-refractivity contribution in [3.05, 3.63) is 34.5 Å². The van der Waals surface area contributed by atoms with E-state index in [4.69, 9.17) is 4.74 Å². The van der Waals surface area contributed by atoms with E-state index in [-0.39, 0.29) is 17.6 Å². The van der Waals surface area contributed by atoms with Crippen LogP contribution in [0.1, 0.15) is 13.8 Å². The molecule has 106 valence electrons. The highest BCUT2D eigenvalue weighted by Gasteiger charge is 2.17. The quantitative estimate of drug-likeness (QED) is 0.474. The minimum absolute atomic E-state index is 0.00281. The lowest BCUT2D eigenvalue weighted by Crippen LogP contribution is -2.20. The molecular weight excluding hydrogens is 262 g/mol. The highest BCUT2D eigenvalue weighted by Crippen LogP contribution is 2.21. The molecule has 20 heavy (non-hydrogen) atoms. The lowest BCUT2D eigenvalue weighted by atomic mass is 10.2. The van der Waals surface area contributed by atoms with Gasteiger partial charge in [0.25, 0.3) is 5.69 Å². The topological polar surface area (TPSA) is 87.3 Å². The van der Waals surface area contributed by atoms with E-state index < -0.39 is 4.92 Å². The Bertz CT molecular complexity index is 650. The van der Waals surface area contributed by atoms with Gasteiger partial charge in [-0.15, -0.1) is 0 Å². The third kappa shape index (κ3) is 2.76. The van der Waals surface area contributed by atoms with Crippen molar-refractivity contribution in [2.45, 2.75) is 20.4 Å². The molecule has 0 saturated heterocycles. The second-order valence-electron chi connectivity index (χ2n) is 4.48. The molecule has 7 heteroatoms. The van der Waals surface area contributed by atoms with Crippen LogP contribution in [0, 0.1) is 16.0 Å². The van der Waals surface area contributed by atoms with Crippen LogP contribution in [-0.2, 0) is 16.1 Å². The zero-order valence-electron chi connectivity index (χ0n) is 11.3. The van der Waals surface area contributed by atoms with Gasteiger partial charge in [0, 0.05) is 17.5 Å². The summed E-state index contributed by atoms with van der Waals surface area (Å²) in [7, 11) is 0. The number of hydrogen-bond acceptors (Lipinski definition) is 5. The van der Waals surface area contributed by atoms with Crippen molar-refractivity contribution >= 4 is 22.6 Å². The SMILES string of the molecule is CCOC(=O)C(C)Cn1ncc2ccc([N+](=O)[O-])cc21. The van der Waals surface area contributed by atoms with Gasteiger partial charge in [0.2, 0.25) is 0 Å². The van der Waals surface area contributed by atoms with E-state index in [1.54, 1.807) is 30.8 Å². The molecule has 0 radical (unpaired) electrons. The molecule has 0 aliphatic heterocycles. The first-order valence-electron chi connectivity index (χ1n) is 6.29. The number of ether oxygens (including phenoxy) is 1. The number of nitro groups is 1. The van der Waals surface area contributed by atoms with E-state index in [1.807, 2.05) is 0 Å². The Labute approximate surface area is 115 Å². The van der Waals surface area contributed by atoms with Gasteiger partial charge >= 0.3 is 5.97 Å². The third-order valence-corrected chi connectivity index (χ3v) is 2.97. The molecule has 7 nitrogen and oxygen atoms in total. The van der Waals surface area contributed by atoms with Gasteiger partial charge in [0.1, 0.15) is 0 Å². The second kappa shape index (κ2) is 5.68. The van der Waals surface area contributed by atoms with Crippen LogP contribution >= 0.6 is 0 Å². The summed E-state index contributed by atoms with van der Waals surface area (Å²) in [6.07, 6.45) is 1.62. The molecule has 0 amide bonds. The van der Waals surface area contributed by atoms with Crippen molar-refractivity contribution in [3.8, 4) is 0 Å². The van der Waals surface area contributed by atoms with Crippen molar-refractivity contribution in [1.82, 2.24) is 9.78 Å². The van der Waals surface area contributed by atoms with E-state index in [0.717, 1.165) is 5.39 Å². The highest BCUT2D eigenvalue weighted by atomic mass is 16.6. The Balaban J connectivity index is 2.28. The first kappa shape index (κ1) is 14.0. The molecule has 1 aromatic carbocycles. The number of esters is 1. The first-order chi connectivity index (χ1) is 9.52. The zero-order chi connectivity index (χ0) is 14.7. The molecule has 1 heterocycles. The Morgan fingerprint density at radius 2 is 2.30 bits per heavy atom. The van der Waals surface area contributed by atoms with Crippen molar-refractivity contribution < 1.29 is 14.5 Å². The summed E-state index contributed by atoms with van der Waals surface area (Å²) in [6, 6.07) is 4.54. The van der Waals surface area contributed by atoms with Crippen LogP contribution in [-0.4, -0.2) is 27.3 Å². The molecule has 0 N–H and O–H groups in total. The molecule has 1 atom stereocenters. The number of fused-ring (bicyclic) bond motifs is 1. The average Bonchev–Trinajstić information content (AvgIpc) is 2.81. The van der Waals surface area contributed by atoms with Gasteiger partial charge in [-0.1, -0.05) is 6.92 Å². The molecule has 0 bridgehead atoms. The van der Waals surface area contributed by atoms with Crippen LogP contribution in [0.5, 0.6) is 0 Å². The number of hydrogen-bond donors (Lipinski definition) is 0. The number of carbonyl (C=O) groups excluding carboxylic acids is 1. The van der Waals surface area contributed by atoms with Crippen molar-refractivity contribution in [2.75, 3.05) is 6.61 Å². The molecule has 1 aromatic heterocycles. The fraction of sp³-hybridized carbons (Fsp3) is 0.385. The standard InChI is InChI=1S/C13H15N3O4/c1-3-20-13(17)9(2)8-15-12-6-11(16(18)19)5-4-10(12)7-14-15/h4-7,9H,3,8H2,1-2H3. The Kier molecular flexibility index (Phi) is 3.97. The van der Waals surface area contributed by atoms with Crippen LogP contribution in [0.3, 0.4) is 0 Å². The molecule has 0 fully saturated rings. The van der Waals surface area contributed by atoms with Gasteiger partial charge in [-0.2, -0.15) is 5.10 Å². The minimum Gasteiger partial charge on any atom is -0.466 e. The van der Waals surface area contributed by atoms with Crippen molar-refractivity contribution in [2.24, 2.45) is 5.92 Å². The summed E-state index contributed by atoms with van der Waals surface area (Å²) in [5.74, 6) is -0.668. The largest absolute Gasteiger partial charge is 0.466 e. The summed E-state index contributed by atoms with van der Waals surface area (Å²) in [4.78, 5) is 22.0. The first-order valence-corrected chi connectivity index (χ1v) is 6.29. The predicted octanol–water partition coefficient (Wildman–Crippen LogP) is 2.14. The fourth-order valence-corrected chi connectivity index (χ4v) is 1.94. The number of carbonyl (C=O) groups is 1. The Hall–Kier alpha value is -2.44. The Morgan fingerprint density at radius 3 is 2.95 bits per heavy atom. The average molecular weight is 277 g/mol. The van der Waals surface area contributed by atoms with Crippen LogP contribution in [0.2, 0.25) is 0 Å². The molecule has 2 aromatic rings. The number of nitro benzene ring substituents is 1. The van der Waals surface area contributed by atoms with E-state index in [0.29, 0.717) is 18.7 Å². The van der Waals surface area contributed by atoms with Crippen LogP contribution in [0.4, 0.5) is 5.69 Å². The Morgan fingerprint density at radius 1 is 1.55 bits per heavy atom. The molecule has 1 unspecified atom stereocenters. The van der Waals surface area contributed by atoms with Crippen LogP contribution < -0.4 is 0 Å². The lowest BCUT2D eigenvalue weighted by Gasteiger charge is -2.11. The number of non-ortho nitro benzene ring substituents is 1. The maximum atomic E-state index is 11.6. The smallest absolute Gasteiger partial charge is 0.310 e. The number of benzene rings is 1. The summed E-state index contributed by atoms with van der Waals surface area (Å²) >= 11 is 0. The molecular formula is C13H15N3O4. The monoisotopic (exact) mass is 277 g/mol. The van der Waals surface area contributed by atoms with Crippen LogP contribution in [0.15, 0.2) is 24.4 Å². The summed E-state index contributed by atoms with van der Waals surface area (Å²) in [5.41, 5.74) is 0.637. The predicted molar refractivity (Wildman–Crippen MR) is 72.2 cm³/mol. The fourth-order valence-electron chi connectivity index (χ4n) is 1.94. The molecule has 0 aliphatic rings. The maximum absolute atomic E-state index is 11.6. The van der Waals surface area contributed by atoms with Gasteiger partial charge < -0.3 is 4.74 Å². The number of rotatable bonds is 5. The minimum atomic E-state index is -0.453. The van der Waals surface area contributed by atoms with E-state index >= 15 is 0 Å². The number of nitrogens with zero attached hydrogens (tertiary/aromatic N) is 3. The summed E-state index contributed by atoms with van der Waals surface area (Å²) in [5, 5.41) is 15.8. The van der Waals surface area contributed by atoms with E-state index in [1.165, 1.54) is 12.1 Å². The van der Waals surface area contributed by atoms with Crippen molar-refractivity contribution in [3.63, 3.8) is 0 Å². The molecule has 0 spiro atoms. The van der Waals surface area contributed by atoms with Gasteiger partial charge in [-0.25, -0.2) is 0 Å². The van der Waals surface area contributed by atoms with Crippen molar-refractivity contribution in [1.29, 1.82) is 0 Å². The van der Waals surface area contributed by atoms with Gasteiger partial charge in [-0.3, -0.25) is 19.6 Å². The molecule has 0 aliphatic carbocycles. The summed E-state index contributed by atoms with van der Waals surface area (Å²) in [6.45, 7) is 4.14. The number of aromatic nitrogens is 2. The summed E-state index contributed by atoms with van der Waals surface area (Å²) < 4.78 is 6.53. The normalized spacial score (nSPS) is 12.3. The van der Waals surface area contributed by atoms with Gasteiger partial charge in [-0.05, 0) is 13.0 Å². The van der Waals surface area contributed by atoms with Crippen LogP contribution in [0.25, 0.3) is 10.9 Å². The molecule has 0 saturated carbocycles. The highest BCUT2D eigenvalue weighted by molar-refractivity contribution is 5.81. The third-order valence-electron chi connectivity index (χ3n) is 2.97. The van der Waals surface area contributed by atoms with Gasteiger partial charge in [0.05, 0.1) is 35.7 Å². The van der Waals surface area contributed by atoms with Gasteiger partial charge in [0.15, 0.2) is 0 Å². The molecule has 2 rings (SSSR count). The lowest BCUT2D eigenvalue weighted by molar-refractivity contribution is -0.384. The van der Waals surface area contributed by atoms with E-state index in [2.05, 4.69) is 5.10 Å².